The summed E-state index contributed by atoms with van der Waals surface area (Å²) < 4.78 is 5.84. The summed E-state index contributed by atoms with van der Waals surface area (Å²) in [5, 5.41) is 10.6. The Bertz CT molecular complexity index is 1150. The highest BCUT2D eigenvalue weighted by Crippen LogP contribution is 2.40. The lowest BCUT2D eigenvalue weighted by molar-refractivity contribution is -0.191. The van der Waals surface area contributed by atoms with Gasteiger partial charge in [-0.3, -0.25) is 4.79 Å². The SMILES string of the molecule is Cc1cccc(-c2c3ccc(=O)cc-3oc3cc(O)ccc23)c1.O=C=O. The molecule has 0 spiro atoms. The predicted molar refractivity (Wildman–Crippen MR) is 96.0 cm³/mol. The van der Waals surface area contributed by atoms with Crippen LogP contribution < -0.4 is 5.43 Å². The second-order valence-electron chi connectivity index (χ2n) is 5.77. The molecule has 26 heavy (non-hydrogen) atoms. The van der Waals surface area contributed by atoms with Crippen LogP contribution in [0.4, 0.5) is 0 Å². The van der Waals surface area contributed by atoms with E-state index >= 15 is 0 Å². The Morgan fingerprint density at radius 2 is 1.73 bits per heavy atom. The maximum Gasteiger partial charge on any atom is 0.373 e. The lowest BCUT2D eigenvalue weighted by Crippen LogP contribution is -1.99. The summed E-state index contributed by atoms with van der Waals surface area (Å²) in [6, 6.07) is 18.1. The Balaban J connectivity index is 0.000000613. The molecule has 1 N–H and O–H groups in total. The van der Waals surface area contributed by atoms with E-state index < -0.39 is 0 Å². The van der Waals surface area contributed by atoms with E-state index in [-0.39, 0.29) is 17.3 Å². The summed E-state index contributed by atoms with van der Waals surface area (Å²) in [7, 11) is 0. The minimum Gasteiger partial charge on any atom is -0.508 e. The summed E-state index contributed by atoms with van der Waals surface area (Å²) in [5.41, 5.74) is 4.55. The molecule has 1 aliphatic carbocycles. The van der Waals surface area contributed by atoms with Gasteiger partial charge in [0.1, 0.15) is 17.1 Å². The molecule has 5 heteroatoms. The molecule has 0 saturated heterocycles. The van der Waals surface area contributed by atoms with Crippen molar-refractivity contribution in [1.29, 1.82) is 0 Å². The van der Waals surface area contributed by atoms with Gasteiger partial charge >= 0.3 is 6.15 Å². The highest BCUT2D eigenvalue weighted by atomic mass is 16.3. The van der Waals surface area contributed by atoms with E-state index in [0.29, 0.717) is 11.3 Å². The minimum absolute atomic E-state index is 0.101. The van der Waals surface area contributed by atoms with Crippen molar-refractivity contribution in [2.75, 3.05) is 0 Å². The smallest absolute Gasteiger partial charge is 0.373 e. The first kappa shape index (κ1) is 17.1. The highest BCUT2D eigenvalue weighted by Gasteiger charge is 2.17. The van der Waals surface area contributed by atoms with Crippen LogP contribution in [0.2, 0.25) is 0 Å². The molecule has 2 aliphatic rings. The van der Waals surface area contributed by atoms with Crippen molar-refractivity contribution in [3.8, 4) is 28.2 Å². The molecular weight excluding hydrogens is 332 g/mol. The zero-order valence-corrected chi connectivity index (χ0v) is 13.9. The fourth-order valence-electron chi connectivity index (χ4n) is 2.97. The number of hydrogen-bond acceptors (Lipinski definition) is 5. The van der Waals surface area contributed by atoms with Gasteiger partial charge in [-0.05, 0) is 36.8 Å². The van der Waals surface area contributed by atoms with E-state index in [1.807, 2.05) is 31.2 Å². The van der Waals surface area contributed by atoms with Crippen LogP contribution in [-0.4, -0.2) is 11.3 Å². The Hall–Kier alpha value is -3.69. The third-order valence-electron chi connectivity index (χ3n) is 3.98. The third kappa shape index (κ3) is 3.24. The van der Waals surface area contributed by atoms with E-state index in [4.69, 9.17) is 14.0 Å². The molecule has 0 fully saturated rings. The molecule has 0 amide bonds. The number of benzene rings is 3. The van der Waals surface area contributed by atoms with E-state index in [2.05, 4.69) is 6.07 Å². The number of phenolic OH excluding ortho intramolecular Hbond substituents is 1. The van der Waals surface area contributed by atoms with Crippen molar-refractivity contribution in [3.05, 3.63) is 76.5 Å². The summed E-state index contributed by atoms with van der Waals surface area (Å²) in [5.74, 6) is 0.654. The van der Waals surface area contributed by atoms with Gasteiger partial charge in [-0.25, -0.2) is 0 Å². The Morgan fingerprint density at radius 3 is 2.46 bits per heavy atom. The number of rotatable bonds is 1. The number of carbonyl (C=O) groups excluding carboxylic acids is 2. The summed E-state index contributed by atoms with van der Waals surface area (Å²) >= 11 is 0. The molecule has 2 aromatic carbocycles. The first-order valence-electron chi connectivity index (χ1n) is 7.79. The molecular formula is C21H14O5. The molecule has 128 valence electrons. The molecule has 1 aliphatic heterocycles. The van der Waals surface area contributed by atoms with Gasteiger partial charge in [-0.1, -0.05) is 29.8 Å². The third-order valence-corrected chi connectivity index (χ3v) is 3.98. The van der Waals surface area contributed by atoms with Gasteiger partial charge in [0.2, 0.25) is 0 Å². The molecule has 0 bridgehead atoms. The van der Waals surface area contributed by atoms with Crippen LogP contribution in [0.1, 0.15) is 5.56 Å². The van der Waals surface area contributed by atoms with E-state index in [1.165, 1.54) is 6.07 Å². The number of phenols is 1. The van der Waals surface area contributed by atoms with Gasteiger partial charge < -0.3 is 9.52 Å². The van der Waals surface area contributed by atoms with E-state index in [9.17, 15) is 9.90 Å². The lowest BCUT2D eigenvalue weighted by Gasteiger charge is -2.15. The minimum atomic E-state index is -0.101. The molecule has 0 unspecified atom stereocenters. The average molecular weight is 346 g/mol. The quantitative estimate of drug-likeness (QED) is 0.527. The maximum atomic E-state index is 11.7. The highest BCUT2D eigenvalue weighted by molar-refractivity contribution is 6.02. The largest absolute Gasteiger partial charge is 0.508 e. The average Bonchev–Trinajstić information content (AvgIpc) is 2.60. The first-order chi connectivity index (χ1) is 12.5. The molecule has 0 atom stereocenters. The summed E-state index contributed by atoms with van der Waals surface area (Å²) in [6.07, 6.45) is 0.250. The molecule has 0 aromatic heterocycles. The van der Waals surface area contributed by atoms with Gasteiger partial charge in [0.15, 0.2) is 5.43 Å². The topological polar surface area (TPSA) is 84.6 Å². The Labute approximate surface area is 148 Å². The summed E-state index contributed by atoms with van der Waals surface area (Å²) in [4.78, 5) is 27.9. The van der Waals surface area contributed by atoms with Gasteiger partial charge in [0.25, 0.3) is 0 Å². The molecule has 5 nitrogen and oxygen atoms in total. The van der Waals surface area contributed by atoms with Crippen molar-refractivity contribution < 1.29 is 19.1 Å². The maximum absolute atomic E-state index is 11.7. The number of hydrogen-bond donors (Lipinski definition) is 1. The van der Waals surface area contributed by atoms with Gasteiger partial charge in [0, 0.05) is 28.6 Å². The molecule has 0 saturated carbocycles. The monoisotopic (exact) mass is 346 g/mol. The normalized spacial score (nSPS) is 10.2. The summed E-state index contributed by atoms with van der Waals surface area (Å²) in [6.45, 7) is 2.04. The van der Waals surface area contributed by atoms with Gasteiger partial charge in [0.05, 0.1) is 0 Å². The first-order valence-corrected chi connectivity index (χ1v) is 7.79. The van der Waals surface area contributed by atoms with Gasteiger partial charge in [-0.2, -0.15) is 9.59 Å². The van der Waals surface area contributed by atoms with E-state index in [1.54, 1.807) is 24.3 Å². The molecule has 1 heterocycles. The second kappa shape index (κ2) is 7.05. The zero-order valence-electron chi connectivity index (χ0n) is 13.9. The predicted octanol–water partition coefficient (Wildman–Crippen LogP) is 4.00. The fraction of sp³-hybridized carbons (Fsp3) is 0.0476. The van der Waals surface area contributed by atoms with Crippen LogP contribution in [0.15, 0.2) is 69.9 Å². The van der Waals surface area contributed by atoms with Crippen molar-refractivity contribution in [2.24, 2.45) is 0 Å². The Morgan fingerprint density at radius 1 is 0.962 bits per heavy atom. The second-order valence-corrected chi connectivity index (χ2v) is 5.77. The molecule has 0 radical (unpaired) electrons. The van der Waals surface area contributed by atoms with Crippen LogP contribution in [0.3, 0.4) is 0 Å². The molecule has 4 rings (SSSR count). The van der Waals surface area contributed by atoms with Crippen LogP contribution >= 0.6 is 0 Å². The van der Waals surface area contributed by atoms with Crippen LogP contribution in [0.25, 0.3) is 33.4 Å². The van der Waals surface area contributed by atoms with Crippen LogP contribution in [-0.2, 0) is 9.59 Å². The Kier molecular flexibility index (Phi) is 4.65. The number of aryl methyl sites for hydroxylation is 1. The van der Waals surface area contributed by atoms with Gasteiger partial charge in [-0.15, -0.1) is 0 Å². The van der Waals surface area contributed by atoms with Crippen molar-refractivity contribution in [2.45, 2.75) is 6.92 Å². The fourth-order valence-corrected chi connectivity index (χ4v) is 2.97. The number of aromatic hydroxyl groups is 1. The standard InChI is InChI=1S/C20H14O3.CO2/c1-12-3-2-4-13(9-12)20-16-7-5-14(21)10-18(16)23-19-11-15(22)6-8-17(19)20;2-1-3/h2-11,21H,1H3;. The van der Waals surface area contributed by atoms with Crippen molar-refractivity contribution in [3.63, 3.8) is 0 Å². The number of fused-ring (bicyclic) bond motifs is 2. The van der Waals surface area contributed by atoms with E-state index in [0.717, 1.165) is 27.6 Å². The zero-order chi connectivity index (χ0) is 18.7. The van der Waals surface area contributed by atoms with Crippen LogP contribution in [0.5, 0.6) is 5.75 Å². The van der Waals surface area contributed by atoms with Crippen molar-refractivity contribution >= 4 is 17.1 Å². The lowest BCUT2D eigenvalue weighted by atomic mass is 9.93. The van der Waals surface area contributed by atoms with Crippen LogP contribution in [0, 0.1) is 6.92 Å². The van der Waals surface area contributed by atoms with Crippen molar-refractivity contribution in [1.82, 2.24) is 0 Å². The molecule has 2 aromatic rings.